The first-order valence-electron chi connectivity index (χ1n) is 7.35. The maximum absolute atomic E-state index is 11.4. The maximum Gasteiger partial charge on any atom is 0.339 e. The van der Waals surface area contributed by atoms with Crippen molar-refractivity contribution in [3.8, 4) is 0 Å². The molecule has 1 unspecified atom stereocenters. The number of carboxylic acids is 1. The lowest BCUT2D eigenvalue weighted by atomic mass is 10.2. The van der Waals surface area contributed by atoms with Crippen LogP contribution in [0, 0.1) is 6.92 Å². The van der Waals surface area contributed by atoms with E-state index in [9.17, 15) is 9.90 Å². The van der Waals surface area contributed by atoms with Crippen LogP contribution in [-0.2, 0) is 0 Å². The van der Waals surface area contributed by atoms with Gasteiger partial charge in [-0.2, -0.15) is 0 Å². The number of likely N-dealkylation sites (tertiary alicyclic amines) is 1. The van der Waals surface area contributed by atoms with Crippen molar-refractivity contribution >= 4 is 11.8 Å². The largest absolute Gasteiger partial charge is 0.478 e. The fourth-order valence-corrected chi connectivity index (χ4v) is 3.29. The molecule has 2 aliphatic rings. The van der Waals surface area contributed by atoms with Gasteiger partial charge in [0.2, 0.25) is 0 Å². The molecule has 2 fully saturated rings. The summed E-state index contributed by atoms with van der Waals surface area (Å²) in [5, 5.41) is 9.32. The van der Waals surface area contributed by atoms with E-state index in [4.69, 9.17) is 0 Å². The highest BCUT2D eigenvalue weighted by Crippen LogP contribution is 2.26. The molecule has 0 saturated carbocycles. The maximum atomic E-state index is 11.4. The highest BCUT2D eigenvalue weighted by Gasteiger charge is 2.31. The van der Waals surface area contributed by atoms with Gasteiger partial charge in [-0.25, -0.2) is 9.78 Å². The monoisotopic (exact) mass is 275 g/mol. The van der Waals surface area contributed by atoms with Crippen LogP contribution in [0.15, 0.2) is 12.1 Å². The van der Waals surface area contributed by atoms with Gasteiger partial charge in [0.1, 0.15) is 11.4 Å². The van der Waals surface area contributed by atoms with E-state index in [2.05, 4.69) is 14.8 Å². The van der Waals surface area contributed by atoms with Crippen molar-refractivity contribution in [1.29, 1.82) is 0 Å². The Morgan fingerprint density at radius 2 is 2.05 bits per heavy atom. The molecule has 20 heavy (non-hydrogen) atoms. The van der Waals surface area contributed by atoms with Crippen molar-refractivity contribution in [1.82, 2.24) is 9.88 Å². The summed E-state index contributed by atoms with van der Waals surface area (Å²) in [4.78, 5) is 20.5. The molecule has 0 spiro atoms. The normalized spacial score (nSPS) is 23.4. The molecule has 0 bridgehead atoms. The first-order valence-corrected chi connectivity index (χ1v) is 7.35. The molecule has 1 aromatic rings. The van der Waals surface area contributed by atoms with Crippen LogP contribution < -0.4 is 4.90 Å². The summed E-state index contributed by atoms with van der Waals surface area (Å²) < 4.78 is 0. The van der Waals surface area contributed by atoms with Crippen LogP contribution in [-0.4, -0.2) is 53.2 Å². The Labute approximate surface area is 119 Å². The quantitative estimate of drug-likeness (QED) is 0.911. The number of hydrogen-bond donors (Lipinski definition) is 1. The Hall–Kier alpha value is -1.62. The predicted molar refractivity (Wildman–Crippen MR) is 77.4 cm³/mol. The van der Waals surface area contributed by atoms with Crippen LogP contribution in [0.4, 0.5) is 5.82 Å². The fraction of sp³-hybridized carbons (Fsp3) is 0.600. The number of hydrogen-bond acceptors (Lipinski definition) is 4. The fourth-order valence-electron chi connectivity index (χ4n) is 3.29. The molecule has 0 amide bonds. The molecule has 2 aliphatic heterocycles. The number of carboxylic acid groups (broad SMARTS) is 1. The summed E-state index contributed by atoms with van der Waals surface area (Å²) in [5.74, 6) is -0.253. The number of anilines is 1. The molecule has 1 N–H and O–H groups in total. The lowest BCUT2D eigenvalue weighted by Crippen LogP contribution is -2.35. The number of carbonyl (C=O) groups is 1. The van der Waals surface area contributed by atoms with Crippen molar-refractivity contribution in [2.24, 2.45) is 0 Å². The lowest BCUT2D eigenvalue weighted by Gasteiger charge is -2.24. The Morgan fingerprint density at radius 3 is 2.75 bits per heavy atom. The molecule has 2 saturated heterocycles. The highest BCUT2D eigenvalue weighted by molar-refractivity contribution is 5.93. The third kappa shape index (κ3) is 2.50. The van der Waals surface area contributed by atoms with Crippen LogP contribution in [0.1, 0.15) is 35.3 Å². The van der Waals surface area contributed by atoms with Gasteiger partial charge >= 0.3 is 5.97 Å². The minimum Gasteiger partial charge on any atom is -0.478 e. The summed E-state index contributed by atoms with van der Waals surface area (Å²) in [6.45, 7) is 6.08. The Balaban J connectivity index is 1.80. The average Bonchev–Trinajstić information content (AvgIpc) is 3.09. The molecule has 5 heteroatoms. The number of aryl methyl sites for hydroxylation is 1. The van der Waals surface area contributed by atoms with Gasteiger partial charge in [-0.15, -0.1) is 0 Å². The third-order valence-corrected chi connectivity index (χ3v) is 4.36. The first kappa shape index (κ1) is 13.4. The number of aromatic nitrogens is 1. The molecule has 108 valence electrons. The molecule has 5 nitrogen and oxygen atoms in total. The number of rotatable bonds is 3. The SMILES string of the molecule is Cc1ccc(C(=O)O)c(N2CCC(N3CCCC3)C2)n1. The molecule has 3 heterocycles. The van der Waals surface area contributed by atoms with Crippen molar-refractivity contribution in [3.63, 3.8) is 0 Å². The molecular weight excluding hydrogens is 254 g/mol. The second kappa shape index (κ2) is 5.40. The Morgan fingerprint density at radius 1 is 1.30 bits per heavy atom. The lowest BCUT2D eigenvalue weighted by molar-refractivity contribution is 0.0697. The zero-order chi connectivity index (χ0) is 14.1. The van der Waals surface area contributed by atoms with Crippen LogP contribution >= 0.6 is 0 Å². The van der Waals surface area contributed by atoms with Crippen LogP contribution in [0.2, 0.25) is 0 Å². The number of nitrogens with zero attached hydrogens (tertiary/aromatic N) is 3. The number of aromatic carboxylic acids is 1. The molecule has 1 aromatic heterocycles. The van der Waals surface area contributed by atoms with Crippen LogP contribution in [0.3, 0.4) is 0 Å². The smallest absolute Gasteiger partial charge is 0.339 e. The summed E-state index contributed by atoms with van der Waals surface area (Å²) in [7, 11) is 0. The summed E-state index contributed by atoms with van der Waals surface area (Å²) in [5.41, 5.74) is 1.19. The van der Waals surface area contributed by atoms with E-state index < -0.39 is 5.97 Å². The molecular formula is C15H21N3O2. The van der Waals surface area contributed by atoms with Crippen LogP contribution in [0.5, 0.6) is 0 Å². The number of pyridine rings is 1. The van der Waals surface area contributed by atoms with Gasteiger partial charge in [0.05, 0.1) is 0 Å². The van der Waals surface area contributed by atoms with E-state index >= 15 is 0 Å². The molecule has 0 radical (unpaired) electrons. The summed E-state index contributed by atoms with van der Waals surface area (Å²) in [6.07, 6.45) is 3.69. The summed E-state index contributed by atoms with van der Waals surface area (Å²) in [6, 6.07) is 3.99. The predicted octanol–water partition coefficient (Wildman–Crippen LogP) is 1.76. The van der Waals surface area contributed by atoms with Crippen molar-refractivity contribution in [3.05, 3.63) is 23.4 Å². The van der Waals surface area contributed by atoms with Gasteiger partial charge in [0.25, 0.3) is 0 Å². The van der Waals surface area contributed by atoms with E-state index in [1.807, 2.05) is 6.92 Å². The van der Waals surface area contributed by atoms with Crippen molar-refractivity contribution < 1.29 is 9.90 Å². The van der Waals surface area contributed by atoms with Gasteiger partial charge in [-0.05, 0) is 51.4 Å². The first-order chi connectivity index (χ1) is 9.65. The Bertz CT molecular complexity index is 512. The minimum atomic E-state index is -0.892. The van der Waals surface area contributed by atoms with Gasteiger partial charge in [-0.1, -0.05) is 0 Å². The van der Waals surface area contributed by atoms with E-state index in [1.54, 1.807) is 12.1 Å². The van der Waals surface area contributed by atoms with Gasteiger partial charge < -0.3 is 10.0 Å². The molecule has 0 aliphatic carbocycles. The average molecular weight is 275 g/mol. The molecule has 1 atom stereocenters. The standard InChI is InChI=1S/C15H21N3O2/c1-11-4-5-13(15(19)20)14(16-11)18-9-6-12(10-18)17-7-2-3-8-17/h4-5,12H,2-3,6-10H2,1H3,(H,19,20). The second-order valence-corrected chi connectivity index (χ2v) is 5.76. The summed E-state index contributed by atoms with van der Waals surface area (Å²) >= 11 is 0. The highest BCUT2D eigenvalue weighted by atomic mass is 16.4. The van der Waals surface area contributed by atoms with Crippen molar-refractivity contribution in [2.75, 3.05) is 31.1 Å². The van der Waals surface area contributed by atoms with Crippen LogP contribution in [0.25, 0.3) is 0 Å². The zero-order valence-electron chi connectivity index (χ0n) is 11.9. The van der Waals surface area contributed by atoms with Gasteiger partial charge in [-0.3, -0.25) is 4.90 Å². The minimum absolute atomic E-state index is 0.317. The van der Waals surface area contributed by atoms with E-state index in [0.29, 0.717) is 17.4 Å². The van der Waals surface area contributed by atoms with E-state index in [-0.39, 0.29) is 0 Å². The van der Waals surface area contributed by atoms with E-state index in [0.717, 1.165) is 25.2 Å². The Kier molecular flexibility index (Phi) is 3.61. The van der Waals surface area contributed by atoms with E-state index in [1.165, 1.54) is 25.9 Å². The second-order valence-electron chi connectivity index (χ2n) is 5.76. The molecule has 3 rings (SSSR count). The van der Waals surface area contributed by atoms with Gasteiger partial charge in [0, 0.05) is 24.8 Å². The molecule has 0 aromatic carbocycles. The zero-order valence-corrected chi connectivity index (χ0v) is 11.9. The third-order valence-electron chi connectivity index (χ3n) is 4.36. The van der Waals surface area contributed by atoms with Crippen molar-refractivity contribution in [2.45, 2.75) is 32.2 Å². The van der Waals surface area contributed by atoms with Gasteiger partial charge in [0.15, 0.2) is 0 Å². The topological polar surface area (TPSA) is 56.7 Å².